The number of benzene rings is 1. The largest absolute Gasteiger partial charge is 0.337 e. The van der Waals surface area contributed by atoms with Gasteiger partial charge in [0, 0.05) is 36.7 Å². The molecule has 1 atom stereocenters. The molecule has 1 aromatic carbocycles. The number of amides is 2. The number of aromatic nitrogens is 2. The van der Waals surface area contributed by atoms with Gasteiger partial charge in [-0.15, -0.1) is 11.3 Å². The fraction of sp³-hybridized carbons (Fsp3) is 0.273. The Kier molecular flexibility index (Phi) is 5.67. The summed E-state index contributed by atoms with van der Waals surface area (Å²) >= 11 is 1.38. The minimum absolute atomic E-state index is 0.0363. The second kappa shape index (κ2) is 8.53. The first kappa shape index (κ1) is 19.3. The Balaban J connectivity index is 1.46. The number of pyridine rings is 1. The zero-order valence-corrected chi connectivity index (χ0v) is 17.0. The highest BCUT2D eigenvalue weighted by Crippen LogP contribution is 2.29. The standard InChI is InChI=1S/C22H22N4O2S/c1-15-19(29-21(24-15)16-7-5-11-23-13-16)22(28)26-12-6-8-17(14-26)20(27)25-18-9-3-2-4-10-18/h2-5,7,9-11,13,17H,6,8,12,14H2,1H3,(H,25,27). The first-order valence-corrected chi connectivity index (χ1v) is 10.5. The van der Waals surface area contributed by atoms with Gasteiger partial charge in [-0.05, 0) is 44.0 Å². The number of anilines is 1. The predicted molar refractivity (Wildman–Crippen MR) is 114 cm³/mol. The number of nitrogens with zero attached hydrogens (tertiary/aromatic N) is 3. The summed E-state index contributed by atoms with van der Waals surface area (Å²) in [5.74, 6) is -0.294. The van der Waals surface area contributed by atoms with Crippen molar-refractivity contribution in [2.75, 3.05) is 18.4 Å². The Morgan fingerprint density at radius 3 is 2.76 bits per heavy atom. The van der Waals surface area contributed by atoms with Crippen molar-refractivity contribution >= 4 is 28.8 Å². The molecule has 0 aliphatic carbocycles. The number of hydrogen-bond acceptors (Lipinski definition) is 5. The second-order valence-corrected chi connectivity index (χ2v) is 8.12. The van der Waals surface area contributed by atoms with Gasteiger partial charge in [-0.25, -0.2) is 4.98 Å². The van der Waals surface area contributed by atoms with Crippen molar-refractivity contribution in [1.29, 1.82) is 0 Å². The smallest absolute Gasteiger partial charge is 0.265 e. The molecule has 29 heavy (non-hydrogen) atoms. The van der Waals surface area contributed by atoms with Crippen LogP contribution in [0.1, 0.15) is 28.2 Å². The van der Waals surface area contributed by atoms with E-state index < -0.39 is 0 Å². The van der Waals surface area contributed by atoms with Crippen molar-refractivity contribution in [2.24, 2.45) is 5.92 Å². The molecule has 1 unspecified atom stereocenters. The number of carbonyl (C=O) groups is 2. The minimum Gasteiger partial charge on any atom is -0.337 e. The lowest BCUT2D eigenvalue weighted by molar-refractivity contribution is -0.121. The van der Waals surface area contributed by atoms with Crippen LogP contribution in [0.15, 0.2) is 54.9 Å². The molecule has 0 bridgehead atoms. The highest BCUT2D eigenvalue weighted by molar-refractivity contribution is 7.17. The Morgan fingerprint density at radius 2 is 2.00 bits per heavy atom. The molecule has 0 saturated carbocycles. The maximum Gasteiger partial charge on any atom is 0.265 e. The van der Waals surface area contributed by atoms with E-state index in [2.05, 4.69) is 15.3 Å². The van der Waals surface area contributed by atoms with Crippen molar-refractivity contribution < 1.29 is 9.59 Å². The Morgan fingerprint density at radius 1 is 1.17 bits per heavy atom. The fourth-order valence-corrected chi connectivity index (χ4v) is 4.52. The van der Waals surface area contributed by atoms with Crippen LogP contribution in [-0.2, 0) is 4.79 Å². The summed E-state index contributed by atoms with van der Waals surface area (Å²) in [6.45, 7) is 2.94. The van der Waals surface area contributed by atoms with Gasteiger partial charge in [0.2, 0.25) is 5.91 Å². The van der Waals surface area contributed by atoms with Crippen molar-refractivity contribution in [1.82, 2.24) is 14.9 Å². The summed E-state index contributed by atoms with van der Waals surface area (Å²) in [5, 5.41) is 3.74. The molecule has 1 aliphatic heterocycles. The van der Waals surface area contributed by atoms with Gasteiger partial charge in [0.1, 0.15) is 9.88 Å². The summed E-state index contributed by atoms with van der Waals surface area (Å²) in [6.07, 6.45) is 5.05. The molecule has 0 radical (unpaired) electrons. The molecule has 3 heterocycles. The van der Waals surface area contributed by atoms with Crippen LogP contribution in [0.3, 0.4) is 0 Å². The van der Waals surface area contributed by atoms with Crippen LogP contribution >= 0.6 is 11.3 Å². The van der Waals surface area contributed by atoms with Crippen molar-refractivity contribution in [3.63, 3.8) is 0 Å². The third-order valence-corrected chi connectivity index (χ3v) is 6.21. The molecular formula is C22H22N4O2S. The van der Waals surface area contributed by atoms with E-state index in [9.17, 15) is 9.59 Å². The summed E-state index contributed by atoms with van der Waals surface area (Å²) in [5.41, 5.74) is 2.40. The van der Waals surface area contributed by atoms with Gasteiger partial charge in [-0.1, -0.05) is 18.2 Å². The average molecular weight is 407 g/mol. The molecule has 6 nitrogen and oxygen atoms in total. The van der Waals surface area contributed by atoms with E-state index in [4.69, 9.17) is 0 Å². The molecule has 2 amide bonds. The second-order valence-electron chi connectivity index (χ2n) is 7.12. The third-order valence-electron chi connectivity index (χ3n) is 5.02. The van der Waals surface area contributed by atoms with Gasteiger partial charge < -0.3 is 10.2 Å². The molecule has 148 valence electrons. The minimum atomic E-state index is -0.209. The zero-order chi connectivity index (χ0) is 20.2. The lowest BCUT2D eigenvalue weighted by Crippen LogP contribution is -2.43. The summed E-state index contributed by atoms with van der Waals surface area (Å²) in [7, 11) is 0. The molecule has 7 heteroatoms. The van der Waals surface area contributed by atoms with E-state index in [1.54, 1.807) is 17.3 Å². The van der Waals surface area contributed by atoms with E-state index in [1.165, 1.54) is 11.3 Å². The number of hydrogen-bond donors (Lipinski definition) is 1. The van der Waals surface area contributed by atoms with Gasteiger partial charge in [0.15, 0.2) is 0 Å². The average Bonchev–Trinajstić information content (AvgIpc) is 3.16. The van der Waals surface area contributed by atoms with E-state index in [0.717, 1.165) is 34.8 Å². The molecule has 0 spiro atoms. The first-order chi connectivity index (χ1) is 14.1. The van der Waals surface area contributed by atoms with E-state index >= 15 is 0 Å². The summed E-state index contributed by atoms with van der Waals surface area (Å²) < 4.78 is 0. The number of piperidine rings is 1. The maximum atomic E-state index is 13.1. The highest BCUT2D eigenvalue weighted by atomic mass is 32.1. The SMILES string of the molecule is Cc1nc(-c2cccnc2)sc1C(=O)N1CCCC(C(=O)Nc2ccccc2)C1. The van der Waals surface area contributed by atoms with Crippen LogP contribution in [0.2, 0.25) is 0 Å². The Labute approximate surface area is 173 Å². The van der Waals surface area contributed by atoms with Crippen molar-refractivity contribution in [2.45, 2.75) is 19.8 Å². The van der Waals surface area contributed by atoms with Crippen LogP contribution < -0.4 is 5.32 Å². The van der Waals surface area contributed by atoms with Gasteiger partial charge in [0.25, 0.3) is 5.91 Å². The topological polar surface area (TPSA) is 75.2 Å². The maximum absolute atomic E-state index is 13.1. The quantitative estimate of drug-likeness (QED) is 0.710. The molecule has 2 aromatic heterocycles. The normalized spacial score (nSPS) is 16.4. The molecule has 1 saturated heterocycles. The van der Waals surface area contributed by atoms with Gasteiger partial charge in [0.05, 0.1) is 11.6 Å². The van der Waals surface area contributed by atoms with Crippen molar-refractivity contribution in [3.05, 3.63) is 65.4 Å². The van der Waals surface area contributed by atoms with Crippen LogP contribution in [0, 0.1) is 12.8 Å². The fourth-order valence-electron chi connectivity index (χ4n) is 3.49. The Bertz CT molecular complexity index is 1000. The van der Waals surface area contributed by atoms with Crippen LogP contribution in [0.25, 0.3) is 10.6 Å². The molecule has 1 aliphatic rings. The molecule has 4 rings (SSSR count). The van der Waals surface area contributed by atoms with E-state index in [-0.39, 0.29) is 17.7 Å². The molecular weight excluding hydrogens is 384 g/mol. The number of likely N-dealkylation sites (tertiary alicyclic amines) is 1. The van der Waals surface area contributed by atoms with Crippen LogP contribution in [0.5, 0.6) is 0 Å². The number of aryl methyl sites for hydroxylation is 1. The number of carbonyl (C=O) groups excluding carboxylic acids is 2. The molecule has 3 aromatic rings. The number of para-hydroxylation sites is 1. The zero-order valence-electron chi connectivity index (χ0n) is 16.2. The van der Waals surface area contributed by atoms with Gasteiger partial charge >= 0.3 is 0 Å². The predicted octanol–water partition coefficient (Wildman–Crippen LogP) is 4.00. The third kappa shape index (κ3) is 4.35. The lowest BCUT2D eigenvalue weighted by Gasteiger charge is -2.31. The highest BCUT2D eigenvalue weighted by Gasteiger charge is 2.30. The van der Waals surface area contributed by atoms with Crippen molar-refractivity contribution in [3.8, 4) is 10.6 Å². The van der Waals surface area contributed by atoms with E-state index in [0.29, 0.717) is 18.0 Å². The first-order valence-electron chi connectivity index (χ1n) is 9.65. The molecule has 1 fully saturated rings. The van der Waals surface area contributed by atoms with Gasteiger partial charge in [-0.3, -0.25) is 14.6 Å². The monoisotopic (exact) mass is 406 g/mol. The van der Waals surface area contributed by atoms with E-state index in [1.807, 2.05) is 49.4 Å². The summed E-state index contributed by atoms with van der Waals surface area (Å²) in [4.78, 5) is 36.9. The number of nitrogens with one attached hydrogen (secondary N) is 1. The number of thiazole rings is 1. The van der Waals surface area contributed by atoms with Crippen LogP contribution in [-0.4, -0.2) is 39.8 Å². The van der Waals surface area contributed by atoms with Gasteiger partial charge in [-0.2, -0.15) is 0 Å². The van der Waals surface area contributed by atoms with Crippen LogP contribution in [0.4, 0.5) is 5.69 Å². The number of rotatable bonds is 4. The lowest BCUT2D eigenvalue weighted by atomic mass is 9.96. The summed E-state index contributed by atoms with van der Waals surface area (Å²) in [6, 6.07) is 13.2. The Hall–Kier alpha value is -3.06. The molecule has 1 N–H and O–H groups in total.